The van der Waals surface area contributed by atoms with Gasteiger partial charge in [0, 0.05) is 64.9 Å². The van der Waals surface area contributed by atoms with Crippen LogP contribution >= 0.6 is 0 Å². The first-order valence-electron chi connectivity index (χ1n) is 11.8. The summed E-state index contributed by atoms with van der Waals surface area (Å²) in [6, 6.07) is 6.61. The molecular formula is C23H36N8. The molecule has 2 aromatic rings. The van der Waals surface area contributed by atoms with Gasteiger partial charge in [-0.05, 0) is 44.2 Å². The summed E-state index contributed by atoms with van der Waals surface area (Å²) in [6.07, 6.45) is 11.0. The van der Waals surface area contributed by atoms with Crippen LogP contribution in [0.25, 0.3) is 0 Å². The highest BCUT2D eigenvalue weighted by Crippen LogP contribution is 2.15. The zero-order valence-corrected chi connectivity index (χ0v) is 18.8. The van der Waals surface area contributed by atoms with Crippen molar-refractivity contribution in [3.63, 3.8) is 0 Å². The normalized spacial score (nSPS) is 18.4. The van der Waals surface area contributed by atoms with Crippen LogP contribution in [0.3, 0.4) is 0 Å². The van der Waals surface area contributed by atoms with Gasteiger partial charge in [0.2, 0.25) is 0 Å². The zero-order valence-electron chi connectivity index (χ0n) is 18.8. The van der Waals surface area contributed by atoms with Gasteiger partial charge in [0.05, 0.1) is 5.69 Å². The van der Waals surface area contributed by atoms with Crippen molar-refractivity contribution in [1.29, 1.82) is 0 Å². The lowest BCUT2D eigenvalue weighted by Crippen LogP contribution is -2.48. The number of pyridine rings is 1. The van der Waals surface area contributed by atoms with Crippen LogP contribution < -0.4 is 10.6 Å². The highest BCUT2D eigenvalue weighted by molar-refractivity contribution is 5.79. The van der Waals surface area contributed by atoms with Crippen LogP contribution in [-0.4, -0.2) is 63.3 Å². The first-order chi connectivity index (χ1) is 15.3. The molecule has 0 spiro atoms. The second-order valence-electron chi connectivity index (χ2n) is 8.61. The highest BCUT2D eigenvalue weighted by atomic mass is 15.3. The van der Waals surface area contributed by atoms with Gasteiger partial charge in [-0.2, -0.15) is 0 Å². The summed E-state index contributed by atoms with van der Waals surface area (Å²) >= 11 is 0. The number of hydrogen-bond donors (Lipinski definition) is 2. The third-order valence-electron chi connectivity index (χ3n) is 6.32. The Bertz CT molecular complexity index is 823. The minimum atomic E-state index is 0.471. The van der Waals surface area contributed by atoms with E-state index in [0.29, 0.717) is 6.04 Å². The Morgan fingerprint density at radius 3 is 2.84 bits per heavy atom. The lowest BCUT2D eigenvalue weighted by atomic mass is 10.0. The van der Waals surface area contributed by atoms with E-state index in [1.807, 2.05) is 19.3 Å². The minimum Gasteiger partial charge on any atom is -0.356 e. The number of nitrogens with zero attached hydrogens (tertiary/aromatic N) is 6. The maximum atomic E-state index is 4.45. The third kappa shape index (κ3) is 6.26. The lowest BCUT2D eigenvalue weighted by molar-refractivity contribution is 0.196. The van der Waals surface area contributed by atoms with E-state index in [4.69, 9.17) is 0 Å². The molecule has 8 nitrogen and oxygen atoms in total. The van der Waals surface area contributed by atoms with Crippen molar-refractivity contribution in [2.45, 2.75) is 70.5 Å². The van der Waals surface area contributed by atoms with Crippen LogP contribution in [0.4, 0.5) is 0 Å². The number of piperidine rings is 1. The zero-order chi connectivity index (χ0) is 21.3. The molecule has 168 valence electrons. The molecule has 0 unspecified atom stereocenters. The molecule has 2 N–H and O–H groups in total. The van der Waals surface area contributed by atoms with E-state index in [-0.39, 0.29) is 0 Å². The number of rotatable bonds is 7. The molecule has 0 amide bonds. The molecular weight excluding hydrogens is 388 g/mol. The molecule has 0 aliphatic carbocycles. The monoisotopic (exact) mass is 424 g/mol. The van der Waals surface area contributed by atoms with Gasteiger partial charge in [0.1, 0.15) is 11.6 Å². The summed E-state index contributed by atoms with van der Waals surface area (Å²) < 4.78 is 2.35. The number of aliphatic imine (C=N–C) groups is 1. The Labute approximate surface area is 185 Å². The quantitative estimate of drug-likeness (QED) is 0.403. The van der Waals surface area contributed by atoms with Crippen LogP contribution in [0.2, 0.25) is 0 Å². The van der Waals surface area contributed by atoms with Crippen LogP contribution in [0.15, 0.2) is 29.4 Å². The SMILES string of the molecule is CN=C(NCCCc1nnc2n1CCCCC2)NC1CCN(Cc2ccccn2)CC1. The molecule has 0 aromatic carbocycles. The predicted molar refractivity (Wildman–Crippen MR) is 123 cm³/mol. The van der Waals surface area contributed by atoms with E-state index in [2.05, 4.69) is 52.4 Å². The molecule has 0 bridgehead atoms. The highest BCUT2D eigenvalue weighted by Gasteiger charge is 2.20. The Morgan fingerprint density at radius 1 is 1.13 bits per heavy atom. The van der Waals surface area contributed by atoms with Crippen molar-refractivity contribution in [3.05, 3.63) is 41.7 Å². The summed E-state index contributed by atoms with van der Waals surface area (Å²) in [5.74, 6) is 3.22. The van der Waals surface area contributed by atoms with Gasteiger partial charge in [-0.15, -0.1) is 10.2 Å². The number of likely N-dealkylation sites (tertiary alicyclic amines) is 1. The van der Waals surface area contributed by atoms with Crippen molar-refractivity contribution in [2.24, 2.45) is 4.99 Å². The maximum absolute atomic E-state index is 4.45. The molecule has 1 saturated heterocycles. The van der Waals surface area contributed by atoms with E-state index in [1.165, 1.54) is 25.1 Å². The fourth-order valence-corrected chi connectivity index (χ4v) is 4.53. The van der Waals surface area contributed by atoms with Gasteiger partial charge < -0.3 is 15.2 Å². The Kier molecular flexibility index (Phi) is 7.87. The minimum absolute atomic E-state index is 0.471. The fraction of sp³-hybridized carbons (Fsp3) is 0.652. The smallest absolute Gasteiger partial charge is 0.191 e. The van der Waals surface area contributed by atoms with Gasteiger partial charge in [-0.3, -0.25) is 14.9 Å². The van der Waals surface area contributed by atoms with Crippen LogP contribution in [0, 0.1) is 0 Å². The molecule has 4 heterocycles. The van der Waals surface area contributed by atoms with Crippen molar-refractivity contribution in [3.8, 4) is 0 Å². The van der Waals surface area contributed by atoms with Gasteiger partial charge in [0.15, 0.2) is 5.96 Å². The maximum Gasteiger partial charge on any atom is 0.191 e. The third-order valence-corrected chi connectivity index (χ3v) is 6.32. The molecule has 2 aromatic heterocycles. The number of aryl methyl sites for hydroxylation is 2. The molecule has 2 aliphatic heterocycles. The van der Waals surface area contributed by atoms with E-state index >= 15 is 0 Å². The Balaban J connectivity index is 1.15. The van der Waals surface area contributed by atoms with Gasteiger partial charge >= 0.3 is 0 Å². The van der Waals surface area contributed by atoms with Crippen molar-refractivity contribution in [1.82, 2.24) is 35.3 Å². The van der Waals surface area contributed by atoms with Gasteiger partial charge in [-0.25, -0.2) is 0 Å². The summed E-state index contributed by atoms with van der Waals surface area (Å²) in [6.45, 7) is 5.08. The fourth-order valence-electron chi connectivity index (χ4n) is 4.53. The lowest BCUT2D eigenvalue weighted by Gasteiger charge is -2.32. The summed E-state index contributed by atoms with van der Waals surface area (Å²) in [7, 11) is 1.85. The second-order valence-corrected chi connectivity index (χ2v) is 8.61. The molecule has 2 aliphatic rings. The number of hydrogen-bond acceptors (Lipinski definition) is 5. The van der Waals surface area contributed by atoms with Crippen molar-refractivity contribution < 1.29 is 0 Å². The standard InChI is InChI=1S/C23H36N8/c1-24-23(26-14-7-10-22-29-28-21-9-3-2-6-15-31(21)22)27-19-11-16-30(17-12-19)18-20-8-4-5-13-25-20/h4-5,8,13,19H,2-3,6-7,9-12,14-18H2,1H3,(H2,24,26,27). The first-order valence-corrected chi connectivity index (χ1v) is 11.8. The number of aromatic nitrogens is 4. The Hall–Kier alpha value is -2.48. The topological polar surface area (TPSA) is 83.3 Å². The van der Waals surface area contributed by atoms with Crippen LogP contribution in [0.1, 0.15) is 55.9 Å². The average Bonchev–Trinajstić information content (AvgIpc) is 3.03. The number of guanidine groups is 1. The first kappa shape index (κ1) is 21.7. The van der Waals surface area contributed by atoms with Crippen LogP contribution in [0.5, 0.6) is 0 Å². The van der Waals surface area contributed by atoms with E-state index in [9.17, 15) is 0 Å². The largest absolute Gasteiger partial charge is 0.356 e. The molecule has 0 atom stereocenters. The number of fused-ring (bicyclic) bond motifs is 1. The van der Waals surface area contributed by atoms with E-state index in [1.54, 1.807) is 0 Å². The summed E-state index contributed by atoms with van der Waals surface area (Å²) in [5.41, 5.74) is 1.15. The van der Waals surface area contributed by atoms with E-state index in [0.717, 1.165) is 82.3 Å². The van der Waals surface area contributed by atoms with Gasteiger partial charge in [-0.1, -0.05) is 12.5 Å². The molecule has 31 heavy (non-hydrogen) atoms. The molecule has 4 rings (SSSR count). The predicted octanol–water partition coefficient (Wildman–Crippen LogP) is 2.16. The molecule has 0 saturated carbocycles. The molecule has 1 fully saturated rings. The summed E-state index contributed by atoms with van der Waals surface area (Å²) in [5, 5.41) is 15.9. The van der Waals surface area contributed by atoms with Crippen LogP contribution in [-0.2, 0) is 25.9 Å². The Morgan fingerprint density at radius 2 is 2.03 bits per heavy atom. The van der Waals surface area contributed by atoms with Crippen molar-refractivity contribution in [2.75, 3.05) is 26.7 Å². The average molecular weight is 425 g/mol. The second kappa shape index (κ2) is 11.2. The van der Waals surface area contributed by atoms with Crippen molar-refractivity contribution >= 4 is 5.96 Å². The molecule has 0 radical (unpaired) electrons. The molecule has 8 heteroatoms. The summed E-state index contributed by atoms with van der Waals surface area (Å²) in [4.78, 5) is 11.4. The van der Waals surface area contributed by atoms with Gasteiger partial charge in [0.25, 0.3) is 0 Å². The number of nitrogens with one attached hydrogen (secondary N) is 2. The van der Waals surface area contributed by atoms with E-state index < -0.39 is 0 Å².